The Hall–Kier alpha value is -3.56. The lowest BCUT2D eigenvalue weighted by molar-refractivity contribution is -0.274. The highest BCUT2D eigenvalue weighted by molar-refractivity contribution is 6.07. The fourth-order valence-corrected chi connectivity index (χ4v) is 5.93. The number of anilines is 1. The van der Waals surface area contributed by atoms with Crippen LogP contribution in [0.15, 0.2) is 48.5 Å². The second kappa shape index (κ2) is 11.3. The van der Waals surface area contributed by atoms with E-state index >= 15 is 0 Å². The summed E-state index contributed by atoms with van der Waals surface area (Å²) in [4.78, 5) is 41.9. The molecule has 5 rings (SSSR count). The number of ether oxygens (including phenoxy) is 1. The average molecular weight is 547 g/mol. The summed E-state index contributed by atoms with van der Waals surface area (Å²) < 4.78 is 41.7. The molecule has 1 heterocycles. The predicted octanol–water partition coefficient (Wildman–Crippen LogP) is 6.19. The Kier molecular flexibility index (Phi) is 8.23. The van der Waals surface area contributed by atoms with E-state index in [2.05, 4.69) is 4.74 Å². The number of benzene rings is 2. The van der Waals surface area contributed by atoms with E-state index in [1.807, 2.05) is 29.2 Å². The number of carbonyl (C=O) groups excluding carboxylic acids is 2. The van der Waals surface area contributed by atoms with Gasteiger partial charge in [0.1, 0.15) is 5.75 Å². The minimum absolute atomic E-state index is 0. The summed E-state index contributed by atoms with van der Waals surface area (Å²) in [7, 11) is 0. The van der Waals surface area contributed by atoms with Crippen molar-refractivity contribution in [1.29, 1.82) is 0 Å². The smallest absolute Gasteiger partial charge is 0.481 e. The van der Waals surface area contributed by atoms with Gasteiger partial charge < -0.3 is 19.6 Å². The van der Waals surface area contributed by atoms with Crippen LogP contribution in [0.5, 0.6) is 5.75 Å². The van der Waals surface area contributed by atoms with Crippen molar-refractivity contribution in [3.63, 3.8) is 0 Å². The zero-order valence-corrected chi connectivity index (χ0v) is 20.7. The lowest BCUT2D eigenvalue weighted by Crippen LogP contribution is -2.52. The monoisotopic (exact) mass is 546 g/mol. The fraction of sp³-hybridized carbons (Fsp3) is 0.483. The minimum Gasteiger partial charge on any atom is -0.481 e. The summed E-state index contributed by atoms with van der Waals surface area (Å²) in [6.45, 7) is 0.565. The minimum atomic E-state index is -4.82. The number of carboxylic acids is 1. The van der Waals surface area contributed by atoms with Gasteiger partial charge in [-0.1, -0.05) is 32.0 Å². The molecule has 3 atom stereocenters. The highest BCUT2D eigenvalue weighted by Crippen LogP contribution is 2.51. The van der Waals surface area contributed by atoms with Crippen molar-refractivity contribution in [3.05, 3.63) is 59.7 Å². The second-order valence-corrected chi connectivity index (χ2v) is 10.3. The molecular formula is C29H33F3N2O5. The number of hydrogen-bond acceptors (Lipinski definition) is 4. The van der Waals surface area contributed by atoms with Gasteiger partial charge in [0, 0.05) is 36.2 Å². The Morgan fingerprint density at radius 3 is 2.31 bits per heavy atom. The van der Waals surface area contributed by atoms with E-state index in [0.29, 0.717) is 18.2 Å². The third-order valence-corrected chi connectivity index (χ3v) is 7.70. The van der Waals surface area contributed by atoms with Gasteiger partial charge >= 0.3 is 12.3 Å². The van der Waals surface area contributed by atoms with Crippen LogP contribution in [0.3, 0.4) is 0 Å². The number of rotatable bonds is 8. The molecule has 210 valence electrons. The molecule has 0 radical (unpaired) electrons. The normalized spacial score (nSPS) is 21.8. The quantitative estimate of drug-likeness (QED) is 0.426. The first-order chi connectivity index (χ1) is 18.1. The molecule has 2 amide bonds. The van der Waals surface area contributed by atoms with E-state index in [1.54, 1.807) is 4.90 Å². The van der Waals surface area contributed by atoms with Crippen molar-refractivity contribution in [2.24, 2.45) is 11.8 Å². The molecule has 0 bridgehead atoms. The number of nitrogens with zero attached hydrogens (tertiary/aromatic N) is 2. The average Bonchev–Trinajstić information content (AvgIpc) is 3.57. The van der Waals surface area contributed by atoms with Gasteiger partial charge in [0.05, 0.1) is 12.5 Å². The van der Waals surface area contributed by atoms with Gasteiger partial charge in [-0.3, -0.25) is 14.4 Å². The van der Waals surface area contributed by atoms with Crippen LogP contribution in [0.1, 0.15) is 74.3 Å². The zero-order valence-electron chi connectivity index (χ0n) is 20.7. The van der Waals surface area contributed by atoms with Crippen LogP contribution in [0, 0.1) is 11.8 Å². The topological polar surface area (TPSA) is 87.2 Å². The van der Waals surface area contributed by atoms with Crippen LogP contribution < -0.4 is 9.64 Å². The predicted molar refractivity (Wildman–Crippen MR) is 138 cm³/mol. The van der Waals surface area contributed by atoms with Crippen molar-refractivity contribution in [2.45, 2.75) is 70.8 Å². The first kappa shape index (κ1) is 28.4. The first-order valence-electron chi connectivity index (χ1n) is 12.9. The highest BCUT2D eigenvalue weighted by atomic mass is 19.4. The third-order valence-electron chi connectivity index (χ3n) is 7.70. The maximum atomic E-state index is 13.8. The van der Waals surface area contributed by atoms with E-state index < -0.39 is 18.1 Å². The lowest BCUT2D eigenvalue weighted by atomic mass is 9.81. The Labute approximate surface area is 225 Å². The summed E-state index contributed by atoms with van der Waals surface area (Å²) in [5, 5.41) is 9.16. The third kappa shape index (κ3) is 6.20. The van der Waals surface area contributed by atoms with Crippen LogP contribution in [-0.2, 0) is 9.59 Å². The maximum Gasteiger partial charge on any atom is 0.573 e. The molecular weight excluding hydrogens is 513 g/mol. The summed E-state index contributed by atoms with van der Waals surface area (Å²) >= 11 is 0. The Bertz CT molecular complexity index is 1210. The van der Waals surface area contributed by atoms with Gasteiger partial charge in [-0.2, -0.15) is 0 Å². The number of alkyl halides is 3. The Morgan fingerprint density at radius 2 is 1.67 bits per heavy atom. The molecule has 3 aliphatic rings. The van der Waals surface area contributed by atoms with Crippen molar-refractivity contribution in [2.75, 3.05) is 11.4 Å². The molecule has 2 aliphatic carbocycles. The SMILES string of the molecule is C.O=C(O)CCC(=O)N(CC1CC1)C1c2ccccc2N(C(=O)c2ccc(OC(F)(F)F)cc2)C2CCCC12. The van der Waals surface area contributed by atoms with Gasteiger partial charge in [-0.15, -0.1) is 13.2 Å². The summed E-state index contributed by atoms with van der Waals surface area (Å²) in [5.74, 6) is -1.57. The highest BCUT2D eigenvalue weighted by Gasteiger charge is 2.49. The molecule has 2 aromatic carbocycles. The van der Waals surface area contributed by atoms with E-state index in [9.17, 15) is 27.6 Å². The molecule has 3 unspecified atom stereocenters. The van der Waals surface area contributed by atoms with Gasteiger partial charge in [-0.05, 0) is 67.5 Å². The molecule has 2 saturated carbocycles. The molecule has 0 aromatic heterocycles. The molecule has 0 spiro atoms. The van der Waals surface area contributed by atoms with Gasteiger partial charge in [-0.25, -0.2) is 0 Å². The van der Waals surface area contributed by atoms with Crippen LogP contribution in [-0.4, -0.2) is 46.7 Å². The second-order valence-electron chi connectivity index (χ2n) is 10.3. The van der Waals surface area contributed by atoms with Crippen molar-refractivity contribution < 1.29 is 37.4 Å². The van der Waals surface area contributed by atoms with E-state index in [1.165, 1.54) is 12.1 Å². The van der Waals surface area contributed by atoms with Crippen molar-refractivity contribution in [1.82, 2.24) is 4.90 Å². The lowest BCUT2D eigenvalue weighted by Gasteiger charge is -2.47. The van der Waals surface area contributed by atoms with Crippen molar-refractivity contribution >= 4 is 23.5 Å². The fourth-order valence-electron chi connectivity index (χ4n) is 5.93. The van der Waals surface area contributed by atoms with E-state index in [4.69, 9.17) is 5.11 Å². The van der Waals surface area contributed by atoms with Gasteiger partial charge in [0.2, 0.25) is 5.91 Å². The number of aliphatic carboxylic acids is 1. The molecule has 10 heteroatoms. The van der Waals surface area contributed by atoms with Crippen molar-refractivity contribution in [3.8, 4) is 5.75 Å². The van der Waals surface area contributed by atoms with E-state index in [-0.39, 0.29) is 55.6 Å². The molecule has 1 N–H and O–H groups in total. The Balaban J connectivity index is 0.00000353. The van der Waals surface area contributed by atoms with Crippen LogP contribution in [0.2, 0.25) is 0 Å². The van der Waals surface area contributed by atoms with Crippen LogP contribution in [0.25, 0.3) is 0 Å². The van der Waals surface area contributed by atoms with Crippen LogP contribution >= 0.6 is 0 Å². The standard InChI is InChI=1S/C28H29F3N2O5.CH4/c29-28(30,31)38-19-12-10-18(11-13-19)27(37)33-22-6-2-1-4-20(22)26(21-5-3-7-23(21)33)32(16-17-8-9-17)24(34)14-15-25(35)36;/h1-2,4,6,10-13,17,21,23,26H,3,5,7-9,14-16H2,(H,35,36);1H4. The summed E-state index contributed by atoms with van der Waals surface area (Å²) in [5.41, 5.74) is 1.75. The zero-order chi connectivity index (χ0) is 27.0. The molecule has 1 aliphatic heterocycles. The first-order valence-corrected chi connectivity index (χ1v) is 12.9. The molecule has 39 heavy (non-hydrogen) atoms. The summed E-state index contributed by atoms with van der Waals surface area (Å²) in [6, 6.07) is 11.9. The number of halogens is 3. The number of hydrogen-bond donors (Lipinski definition) is 1. The number of carbonyl (C=O) groups is 3. The van der Waals surface area contributed by atoms with Gasteiger partial charge in [0.25, 0.3) is 5.91 Å². The molecule has 2 fully saturated rings. The number of amides is 2. The molecule has 2 aromatic rings. The number of para-hydroxylation sites is 1. The number of fused-ring (bicyclic) bond motifs is 2. The van der Waals surface area contributed by atoms with Crippen LogP contribution in [0.4, 0.5) is 18.9 Å². The molecule has 0 saturated heterocycles. The largest absolute Gasteiger partial charge is 0.573 e. The van der Waals surface area contributed by atoms with E-state index in [0.717, 1.165) is 49.8 Å². The maximum absolute atomic E-state index is 13.8. The Morgan fingerprint density at radius 1 is 0.974 bits per heavy atom. The summed E-state index contributed by atoms with van der Waals surface area (Å²) in [6.07, 6.45) is -0.668. The van der Waals surface area contributed by atoms with Gasteiger partial charge in [0.15, 0.2) is 0 Å². The molecule has 7 nitrogen and oxygen atoms in total. The number of carboxylic acid groups (broad SMARTS) is 1.